The molecule has 0 aliphatic carbocycles. The Morgan fingerprint density at radius 2 is 1.71 bits per heavy atom. The van der Waals surface area contributed by atoms with Crippen molar-refractivity contribution in [2.24, 2.45) is 0 Å². The van der Waals surface area contributed by atoms with E-state index in [2.05, 4.69) is 0 Å². The second kappa shape index (κ2) is 4.45. The molecule has 0 fully saturated rings. The fraction of sp³-hybridized carbons (Fsp3) is 0.143. The maximum atomic E-state index is 12.9. The number of nitrogen functional groups attached to an aromatic ring is 1. The summed E-state index contributed by atoms with van der Waals surface area (Å²) in [7, 11) is 1.92. The van der Waals surface area contributed by atoms with Crippen LogP contribution in [-0.4, -0.2) is 7.05 Å². The highest BCUT2D eigenvalue weighted by atomic mass is 19.1. The first-order valence-corrected chi connectivity index (χ1v) is 5.44. The normalized spacial score (nSPS) is 10.3. The Morgan fingerprint density at radius 1 is 1.06 bits per heavy atom. The monoisotopic (exact) mass is 230 g/mol. The quantitative estimate of drug-likeness (QED) is 0.800. The first-order chi connectivity index (χ1) is 8.09. The second-order valence-electron chi connectivity index (χ2n) is 4.04. The van der Waals surface area contributed by atoms with Crippen LogP contribution in [0, 0.1) is 12.7 Å². The third kappa shape index (κ3) is 2.23. The van der Waals surface area contributed by atoms with Gasteiger partial charge in [-0.2, -0.15) is 0 Å². The number of hydrogen-bond acceptors (Lipinski definition) is 2. The highest BCUT2D eigenvalue weighted by Gasteiger charge is 2.08. The van der Waals surface area contributed by atoms with Gasteiger partial charge in [0.2, 0.25) is 0 Å². The summed E-state index contributed by atoms with van der Waals surface area (Å²) in [5.74, 6) is -0.237. The molecule has 0 saturated heterocycles. The van der Waals surface area contributed by atoms with Crippen LogP contribution in [0.25, 0.3) is 0 Å². The van der Waals surface area contributed by atoms with Crippen LogP contribution in [0.1, 0.15) is 5.56 Å². The number of para-hydroxylation sites is 1. The minimum Gasteiger partial charge on any atom is -0.397 e. The van der Waals surface area contributed by atoms with E-state index in [4.69, 9.17) is 5.73 Å². The molecule has 0 heterocycles. The summed E-state index contributed by atoms with van der Waals surface area (Å²) in [5, 5.41) is 0. The minimum absolute atomic E-state index is 0.237. The van der Waals surface area contributed by atoms with Crippen molar-refractivity contribution in [1.29, 1.82) is 0 Å². The van der Waals surface area contributed by atoms with Crippen LogP contribution < -0.4 is 10.6 Å². The molecule has 0 bridgehead atoms. The molecule has 2 N–H and O–H groups in total. The van der Waals surface area contributed by atoms with Gasteiger partial charge in [0.05, 0.1) is 11.4 Å². The molecule has 0 amide bonds. The number of rotatable bonds is 2. The predicted octanol–water partition coefficient (Wildman–Crippen LogP) is 3.48. The first-order valence-electron chi connectivity index (χ1n) is 5.44. The fourth-order valence-electron chi connectivity index (χ4n) is 1.76. The molecular formula is C14H15FN2. The van der Waals surface area contributed by atoms with Crippen molar-refractivity contribution in [2.45, 2.75) is 6.92 Å². The molecule has 0 atom stereocenters. The summed E-state index contributed by atoms with van der Waals surface area (Å²) in [4.78, 5) is 1.95. The van der Waals surface area contributed by atoms with Crippen molar-refractivity contribution in [1.82, 2.24) is 0 Å². The van der Waals surface area contributed by atoms with Crippen molar-refractivity contribution < 1.29 is 4.39 Å². The van der Waals surface area contributed by atoms with Gasteiger partial charge in [0.15, 0.2) is 0 Å². The van der Waals surface area contributed by atoms with Gasteiger partial charge in [0, 0.05) is 12.7 Å². The molecule has 88 valence electrons. The van der Waals surface area contributed by atoms with Gasteiger partial charge in [0.25, 0.3) is 0 Å². The minimum atomic E-state index is -0.237. The number of hydrogen-bond donors (Lipinski definition) is 1. The van der Waals surface area contributed by atoms with E-state index in [1.165, 1.54) is 12.1 Å². The van der Waals surface area contributed by atoms with E-state index in [0.29, 0.717) is 0 Å². The summed E-state index contributed by atoms with van der Waals surface area (Å²) in [5.41, 5.74) is 9.66. The number of aryl methyl sites for hydroxylation is 1. The van der Waals surface area contributed by atoms with E-state index in [0.717, 1.165) is 22.6 Å². The Morgan fingerprint density at radius 3 is 2.35 bits per heavy atom. The molecule has 0 aliphatic rings. The van der Waals surface area contributed by atoms with E-state index in [-0.39, 0.29) is 5.82 Å². The lowest BCUT2D eigenvalue weighted by Gasteiger charge is -2.22. The average molecular weight is 230 g/mol. The Hall–Kier alpha value is -2.03. The molecular weight excluding hydrogens is 215 g/mol. The predicted molar refractivity (Wildman–Crippen MR) is 70.1 cm³/mol. The molecule has 0 aliphatic heterocycles. The van der Waals surface area contributed by atoms with Crippen LogP contribution in [-0.2, 0) is 0 Å². The first kappa shape index (κ1) is 11.5. The van der Waals surface area contributed by atoms with E-state index in [9.17, 15) is 4.39 Å². The van der Waals surface area contributed by atoms with Crippen LogP contribution in [0.4, 0.5) is 21.5 Å². The van der Waals surface area contributed by atoms with E-state index in [1.54, 1.807) is 12.1 Å². The zero-order valence-corrected chi connectivity index (χ0v) is 9.94. The zero-order chi connectivity index (χ0) is 12.4. The number of halogens is 1. The summed E-state index contributed by atoms with van der Waals surface area (Å²) >= 11 is 0. The van der Waals surface area contributed by atoms with E-state index in [1.807, 2.05) is 37.1 Å². The third-order valence-corrected chi connectivity index (χ3v) is 2.88. The molecule has 2 nitrogen and oxygen atoms in total. The maximum Gasteiger partial charge on any atom is 0.123 e. The third-order valence-electron chi connectivity index (χ3n) is 2.88. The standard InChI is InChI=1S/C14H15FN2/c1-10-4-3-5-13(14(10)16)17(2)12-8-6-11(15)7-9-12/h3-9H,16H2,1-2H3. The average Bonchev–Trinajstić information content (AvgIpc) is 2.33. The summed E-state index contributed by atoms with van der Waals surface area (Å²) < 4.78 is 12.9. The Bertz CT molecular complexity index is 520. The van der Waals surface area contributed by atoms with Gasteiger partial charge in [-0.15, -0.1) is 0 Å². The smallest absolute Gasteiger partial charge is 0.123 e. The molecule has 0 saturated carbocycles. The maximum absolute atomic E-state index is 12.9. The summed E-state index contributed by atoms with van der Waals surface area (Å²) in [6.45, 7) is 1.97. The molecule has 2 aromatic rings. The molecule has 17 heavy (non-hydrogen) atoms. The summed E-state index contributed by atoms with van der Waals surface area (Å²) in [6.07, 6.45) is 0. The number of anilines is 3. The van der Waals surface area contributed by atoms with Crippen molar-refractivity contribution in [2.75, 3.05) is 17.7 Å². The zero-order valence-electron chi connectivity index (χ0n) is 9.94. The van der Waals surface area contributed by atoms with Crippen LogP contribution in [0.2, 0.25) is 0 Å². The van der Waals surface area contributed by atoms with Crippen molar-refractivity contribution in [3.63, 3.8) is 0 Å². The molecule has 3 heteroatoms. The number of benzene rings is 2. The van der Waals surface area contributed by atoms with Gasteiger partial charge in [-0.3, -0.25) is 0 Å². The SMILES string of the molecule is Cc1cccc(N(C)c2ccc(F)cc2)c1N. The molecule has 0 radical (unpaired) electrons. The van der Waals surface area contributed by atoms with Gasteiger partial charge in [-0.25, -0.2) is 4.39 Å². The topological polar surface area (TPSA) is 29.3 Å². The van der Waals surface area contributed by atoms with Gasteiger partial charge in [0.1, 0.15) is 5.82 Å². The Labute approximate surface area is 100 Å². The van der Waals surface area contributed by atoms with Gasteiger partial charge >= 0.3 is 0 Å². The van der Waals surface area contributed by atoms with Crippen molar-refractivity contribution in [3.8, 4) is 0 Å². The largest absolute Gasteiger partial charge is 0.397 e. The molecule has 0 spiro atoms. The van der Waals surface area contributed by atoms with Gasteiger partial charge in [-0.1, -0.05) is 12.1 Å². The molecule has 0 unspecified atom stereocenters. The lowest BCUT2D eigenvalue weighted by molar-refractivity contribution is 0.628. The Balaban J connectivity index is 2.40. The number of nitrogens with two attached hydrogens (primary N) is 1. The van der Waals surface area contributed by atoms with E-state index < -0.39 is 0 Å². The second-order valence-corrected chi connectivity index (χ2v) is 4.04. The van der Waals surface area contributed by atoms with Crippen LogP contribution >= 0.6 is 0 Å². The summed E-state index contributed by atoms with van der Waals surface area (Å²) in [6, 6.07) is 12.2. The molecule has 2 aromatic carbocycles. The lowest BCUT2D eigenvalue weighted by atomic mass is 10.1. The van der Waals surface area contributed by atoms with Crippen LogP contribution in [0.5, 0.6) is 0 Å². The highest BCUT2D eigenvalue weighted by molar-refractivity contribution is 5.76. The fourth-order valence-corrected chi connectivity index (χ4v) is 1.76. The van der Waals surface area contributed by atoms with Crippen molar-refractivity contribution in [3.05, 3.63) is 53.8 Å². The Kier molecular flexibility index (Phi) is 3.00. The molecule has 0 aromatic heterocycles. The number of nitrogens with zero attached hydrogens (tertiary/aromatic N) is 1. The van der Waals surface area contributed by atoms with Gasteiger partial charge < -0.3 is 10.6 Å². The lowest BCUT2D eigenvalue weighted by Crippen LogP contribution is -2.12. The van der Waals surface area contributed by atoms with Crippen LogP contribution in [0.15, 0.2) is 42.5 Å². The van der Waals surface area contributed by atoms with Gasteiger partial charge in [-0.05, 0) is 42.8 Å². The molecule has 2 rings (SSSR count). The highest BCUT2D eigenvalue weighted by Crippen LogP contribution is 2.30. The van der Waals surface area contributed by atoms with E-state index >= 15 is 0 Å². The van der Waals surface area contributed by atoms with Crippen molar-refractivity contribution >= 4 is 17.1 Å². The van der Waals surface area contributed by atoms with Crippen LogP contribution in [0.3, 0.4) is 0 Å².